The average molecular weight is 352 g/mol. The van der Waals surface area contributed by atoms with Crippen LogP contribution in [0.25, 0.3) is 0 Å². The van der Waals surface area contributed by atoms with Crippen molar-refractivity contribution in [3.05, 3.63) is 33.7 Å². The van der Waals surface area contributed by atoms with Gasteiger partial charge in [0.05, 0.1) is 6.42 Å². The number of thioether (sulfide) groups is 1. The number of carbonyl (C=O) groups excluding carboxylic acids is 2. The molecule has 0 saturated carbocycles. The highest BCUT2D eigenvalue weighted by Crippen LogP contribution is 2.41. The molecule has 0 radical (unpaired) electrons. The van der Waals surface area contributed by atoms with Crippen LogP contribution in [0.15, 0.2) is 28.8 Å². The Kier molecular flexibility index (Phi) is 4.45. The number of fused-ring (bicyclic) bond motifs is 1. The highest BCUT2D eigenvalue weighted by molar-refractivity contribution is 8.00. The minimum absolute atomic E-state index is 0.0880. The van der Waals surface area contributed by atoms with E-state index >= 15 is 0 Å². The van der Waals surface area contributed by atoms with Gasteiger partial charge in [0.2, 0.25) is 5.91 Å². The van der Waals surface area contributed by atoms with Crippen LogP contribution in [0.4, 0.5) is 0 Å². The number of amides is 2. The summed E-state index contributed by atoms with van der Waals surface area (Å²) >= 11 is 2.99. The van der Waals surface area contributed by atoms with E-state index in [1.165, 1.54) is 28.0 Å². The largest absolute Gasteiger partial charge is 0.477 e. The normalized spacial score (nSPS) is 23.3. The van der Waals surface area contributed by atoms with E-state index in [4.69, 9.17) is 0 Å². The molecule has 2 atom stereocenters. The second-order valence-corrected chi connectivity index (χ2v) is 7.46. The molecule has 2 aliphatic heterocycles. The summed E-state index contributed by atoms with van der Waals surface area (Å²) in [6, 6.07) is 3.10. The molecule has 8 heteroatoms. The number of nitrogens with zero attached hydrogens (tertiary/aromatic N) is 1. The van der Waals surface area contributed by atoms with Crippen molar-refractivity contribution < 1.29 is 19.5 Å². The number of carboxylic acid groups (broad SMARTS) is 1. The molecule has 1 aromatic rings. The Balaban J connectivity index is 1.69. The fraction of sp³-hybridized carbons (Fsp3) is 0.400. The number of carbonyl (C=O) groups is 3. The summed E-state index contributed by atoms with van der Waals surface area (Å²) in [6.07, 6.45) is 0.835. The summed E-state index contributed by atoms with van der Waals surface area (Å²) in [5, 5.41) is 13.7. The summed E-state index contributed by atoms with van der Waals surface area (Å²) < 4.78 is 0. The first-order chi connectivity index (χ1) is 11.0. The summed E-state index contributed by atoms with van der Waals surface area (Å²) in [5.74, 6) is -1.06. The van der Waals surface area contributed by atoms with Gasteiger partial charge in [0.25, 0.3) is 5.91 Å². The molecule has 122 valence electrons. The number of hydrogen-bond acceptors (Lipinski definition) is 5. The lowest BCUT2D eigenvalue weighted by atomic mass is 10.0. The van der Waals surface area contributed by atoms with Gasteiger partial charge in [0.15, 0.2) is 0 Å². The zero-order chi connectivity index (χ0) is 16.6. The Morgan fingerprint density at radius 3 is 2.87 bits per heavy atom. The van der Waals surface area contributed by atoms with Crippen LogP contribution in [0.1, 0.15) is 18.2 Å². The van der Waals surface area contributed by atoms with E-state index in [9.17, 15) is 19.5 Å². The molecule has 0 aliphatic carbocycles. The van der Waals surface area contributed by atoms with Gasteiger partial charge < -0.3 is 10.4 Å². The second kappa shape index (κ2) is 6.37. The number of β-lactam (4-membered cyclic amide) rings is 1. The van der Waals surface area contributed by atoms with Gasteiger partial charge in [-0.3, -0.25) is 14.5 Å². The standard InChI is InChI=1S/C15H16N2O4S2/c1-2-8-7-23-14-11(13(19)17(14)12(8)15(20)21)16-10(18)6-9-4-3-5-22-9/h3-5,11,14H,2,6-7H2,1H3,(H,16,18)(H,20,21)/t11-,14-/m1/s1. The van der Waals surface area contributed by atoms with Gasteiger partial charge >= 0.3 is 5.97 Å². The maximum Gasteiger partial charge on any atom is 0.352 e. The van der Waals surface area contributed by atoms with Gasteiger partial charge in [-0.1, -0.05) is 13.0 Å². The van der Waals surface area contributed by atoms with Crippen LogP contribution in [0.2, 0.25) is 0 Å². The predicted octanol–water partition coefficient (Wildman–Crippen LogP) is 1.44. The first kappa shape index (κ1) is 16.1. The molecule has 0 aromatic carbocycles. The van der Waals surface area contributed by atoms with E-state index in [0.29, 0.717) is 12.2 Å². The summed E-state index contributed by atoms with van der Waals surface area (Å²) in [4.78, 5) is 38.1. The predicted molar refractivity (Wildman–Crippen MR) is 88.0 cm³/mol. The molecule has 1 fully saturated rings. The van der Waals surface area contributed by atoms with Gasteiger partial charge in [-0.15, -0.1) is 23.1 Å². The van der Waals surface area contributed by atoms with Crippen LogP contribution < -0.4 is 5.32 Å². The molecule has 6 nitrogen and oxygen atoms in total. The molecular formula is C15H16N2O4S2. The summed E-state index contributed by atoms with van der Waals surface area (Å²) in [6.45, 7) is 1.88. The quantitative estimate of drug-likeness (QED) is 0.783. The zero-order valence-corrected chi connectivity index (χ0v) is 14.1. The Bertz CT molecular complexity index is 684. The fourth-order valence-corrected chi connectivity index (χ4v) is 4.90. The first-order valence-corrected chi connectivity index (χ1v) is 9.17. The van der Waals surface area contributed by atoms with Gasteiger partial charge in [0, 0.05) is 10.6 Å². The third-order valence-electron chi connectivity index (χ3n) is 3.91. The van der Waals surface area contributed by atoms with E-state index in [2.05, 4.69) is 5.32 Å². The molecular weight excluding hydrogens is 336 g/mol. The van der Waals surface area contributed by atoms with Crippen molar-refractivity contribution in [2.45, 2.75) is 31.2 Å². The Labute approximate surface area is 141 Å². The lowest BCUT2D eigenvalue weighted by Crippen LogP contribution is -2.70. The average Bonchev–Trinajstić information content (AvgIpc) is 3.03. The smallest absolute Gasteiger partial charge is 0.352 e. The minimum atomic E-state index is -1.08. The van der Waals surface area contributed by atoms with Gasteiger partial charge in [-0.2, -0.15) is 0 Å². The van der Waals surface area contributed by atoms with Crippen LogP contribution >= 0.6 is 23.1 Å². The third kappa shape index (κ3) is 2.88. The maximum atomic E-state index is 12.3. The number of carboxylic acids is 1. The monoisotopic (exact) mass is 352 g/mol. The van der Waals surface area contributed by atoms with Gasteiger partial charge in [-0.25, -0.2) is 4.79 Å². The third-order valence-corrected chi connectivity index (χ3v) is 6.12. The van der Waals surface area contributed by atoms with E-state index in [1.54, 1.807) is 0 Å². The number of rotatable bonds is 5. The van der Waals surface area contributed by atoms with Crippen molar-refractivity contribution in [1.29, 1.82) is 0 Å². The molecule has 3 heterocycles. The van der Waals surface area contributed by atoms with Gasteiger partial charge in [0.1, 0.15) is 17.1 Å². The molecule has 2 N–H and O–H groups in total. The van der Waals surface area contributed by atoms with Crippen molar-refractivity contribution in [2.75, 3.05) is 5.75 Å². The molecule has 2 aliphatic rings. The van der Waals surface area contributed by atoms with E-state index in [-0.39, 0.29) is 29.3 Å². The molecule has 0 spiro atoms. The number of aliphatic carboxylic acids is 1. The second-order valence-electron chi connectivity index (χ2n) is 5.32. The van der Waals surface area contributed by atoms with E-state index < -0.39 is 12.0 Å². The Morgan fingerprint density at radius 1 is 1.48 bits per heavy atom. The van der Waals surface area contributed by atoms with Crippen LogP contribution in [0.3, 0.4) is 0 Å². The number of thiophene rings is 1. The summed E-state index contributed by atoms with van der Waals surface area (Å²) in [5.41, 5.74) is 0.848. The maximum absolute atomic E-state index is 12.3. The highest BCUT2D eigenvalue weighted by Gasteiger charge is 2.53. The van der Waals surface area contributed by atoms with Crippen LogP contribution in [0.5, 0.6) is 0 Å². The lowest BCUT2D eigenvalue weighted by Gasteiger charge is -2.49. The van der Waals surface area contributed by atoms with Crippen molar-refractivity contribution in [3.63, 3.8) is 0 Å². The molecule has 0 unspecified atom stereocenters. The van der Waals surface area contributed by atoms with Crippen molar-refractivity contribution in [3.8, 4) is 0 Å². The van der Waals surface area contributed by atoms with E-state index in [1.807, 2.05) is 24.4 Å². The molecule has 2 amide bonds. The molecule has 1 saturated heterocycles. The van der Waals surface area contributed by atoms with Crippen molar-refractivity contribution in [1.82, 2.24) is 10.2 Å². The zero-order valence-electron chi connectivity index (χ0n) is 12.4. The number of hydrogen-bond donors (Lipinski definition) is 2. The highest BCUT2D eigenvalue weighted by atomic mass is 32.2. The summed E-state index contributed by atoms with van der Waals surface area (Å²) in [7, 11) is 0. The molecule has 0 bridgehead atoms. The fourth-order valence-electron chi connectivity index (χ4n) is 2.75. The van der Waals surface area contributed by atoms with Crippen molar-refractivity contribution >= 4 is 40.9 Å². The lowest BCUT2D eigenvalue weighted by molar-refractivity contribution is -0.150. The topological polar surface area (TPSA) is 86.7 Å². The van der Waals surface area contributed by atoms with Crippen LogP contribution in [0, 0.1) is 0 Å². The van der Waals surface area contributed by atoms with Gasteiger partial charge in [-0.05, 0) is 23.4 Å². The molecule has 3 rings (SSSR count). The Hall–Kier alpha value is -1.80. The van der Waals surface area contributed by atoms with E-state index in [0.717, 1.165) is 10.5 Å². The SMILES string of the molecule is CCC1=C(C(=O)O)N2C(=O)[C@@H](NC(=O)Cc3cccs3)[C@H]2SC1. The first-order valence-electron chi connectivity index (χ1n) is 7.24. The van der Waals surface area contributed by atoms with Crippen molar-refractivity contribution in [2.24, 2.45) is 0 Å². The number of nitrogens with one attached hydrogen (secondary N) is 1. The minimum Gasteiger partial charge on any atom is -0.477 e. The van der Waals surface area contributed by atoms with Crippen LogP contribution in [-0.4, -0.2) is 45.0 Å². The Morgan fingerprint density at radius 2 is 2.26 bits per heavy atom. The molecule has 1 aromatic heterocycles. The van der Waals surface area contributed by atoms with Crippen LogP contribution in [-0.2, 0) is 20.8 Å². The molecule has 23 heavy (non-hydrogen) atoms.